The molecule has 0 aliphatic carbocycles. The third-order valence-electron chi connectivity index (χ3n) is 5.18. The molecule has 8 nitrogen and oxygen atoms in total. The van der Waals surface area contributed by atoms with Crippen LogP contribution in [-0.4, -0.2) is 69.4 Å². The molecule has 1 aliphatic rings. The molecule has 0 aromatic rings. The molecule has 0 spiro atoms. The lowest BCUT2D eigenvalue weighted by atomic mass is 9.62. The Morgan fingerprint density at radius 1 is 1.17 bits per heavy atom. The molecule has 1 N–H and O–H groups in total. The fourth-order valence-electron chi connectivity index (χ4n) is 3.83. The fraction of sp³-hybridized carbons (Fsp3) is 0.895. The van der Waals surface area contributed by atoms with Crippen LogP contribution in [0, 0.1) is 10.8 Å². The topological polar surface area (TPSA) is 110 Å². The molecule has 170 valence electrons. The van der Waals surface area contributed by atoms with Gasteiger partial charge in [0.1, 0.15) is 11.0 Å². The fourth-order valence-corrected chi connectivity index (χ4v) is 6.91. The van der Waals surface area contributed by atoms with Crippen LogP contribution in [0.2, 0.25) is 13.1 Å². The number of amides is 1. The van der Waals surface area contributed by atoms with Gasteiger partial charge in [0.2, 0.25) is 0 Å². The molecule has 2 unspecified atom stereocenters. The van der Waals surface area contributed by atoms with E-state index in [-0.39, 0.29) is 25.3 Å². The van der Waals surface area contributed by atoms with Crippen molar-refractivity contribution in [2.45, 2.75) is 78.5 Å². The summed E-state index contributed by atoms with van der Waals surface area (Å²) >= 11 is 0. The number of nitrogens with zero attached hydrogens (tertiary/aromatic N) is 1. The van der Waals surface area contributed by atoms with E-state index in [0.29, 0.717) is 6.42 Å². The summed E-state index contributed by atoms with van der Waals surface area (Å²) in [5.41, 5.74) is -3.40. The number of sulfone groups is 1. The number of carboxylic acids is 1. The van der Waals surface area contributed by atoms with Gasteiger partial charge in [-0.25, -0.2) is 13.2 Å². The van der Waals surface area contributed by atoms with Crippen LogP contribution in [0.25, 0.3) is 0 Å². The number of hydrogen-bond acceptors (Lipinski definition) is 6. The Bertz CT molecular complexity index is 709. The van der Waals surface area contributed by atoms with Crippen molar-refractivity contribution in [3.8, 4) is 0 Å². The van der Waals surface area contributed by atoms with Gasteiger partial charge in [0.15, 0.2) is 24.3 Å². The van der Waals surface area contributed by atoms with Crippen molar-refractivity contribution in [1.82, 2.24) is 4.90 Å². The SMILES string of the molecule is C[SiH](C)OCCS(=O)(=O)C1N(C(=O)OC(C)(C)C)CCCC1(C(=O)O)C(C)(C)C. The van der Waals surface area contributed by atoms with E-state index in [1.54, 1.807) is 41.5 Å². The number of carbonyl (C=O) groups is 2. The molecule has 1 saturated heterocycles. The first-order valence-electron chi connectivity index (χ1n) is 10.0. The summed E-state index contributed by atoms with van der Waals surface area (Å²) in [5.74, 6) is -1.56. The van der Waals surface area contributed by atoms with Gasteiger partial charge in [0.25, 0.3) is 0 Å². The maximum atomic E-state index is 13.4. The molecule has 1 fully saturated rings. The minimum absolute atomic E-state index is 0.00920. The highest BCUT2D eigenvalue weighted by Gasteiger charge is 2.63. The van der Waals surface area contributed by atoms with Crippen LogP contribution in [0.3, 0.4) is 0 Å². The molecule has 0 bridgehead atoms. The van der Waals surface area contributed by atoms with Gasteiger partial charge < -0.3 is 14.3 Å². The predicted octanol–water partition coefficient (Wildman–Crippen LogP) is 2.88. The van der Waals surface area contributed by atoms with E-state index in [2.05, 4.69) is 0 Å². The van der Waals surface area contributed by atoms with Crippen LogP contribution >= 0.6 is 0 Å². The molecular weight excluding hydrogens is 414 g/mol. The summed E-state index contributed by atoms with van der Waals surface area (Å²) in [6, 6.07) is 0. The molecule has 0 radical (unpaired) electrons. The number of carboxylic acid groups (broad SMARTS) is 1. The second kappa shape index (κ2) is 8.93. The quantitative estimate of drug-likeness (QED) is 0.618. The summed E-state index contributed by atoms with van der Waals surface area (Å²) in [5, 5.41) is 8.72. The van der Waals surface area contributed by atoms with Crippen molar-refractivity contribution in [2.24, 2.45) is 10.8 Å². The summed E-state index contributed by atoms with van der Waals surface area (Å²) < 4.78 is 37.8. The Labute approximate surface area is 176 Å². The van der Waals surface area contributed by atoms with Gasteiger partial charge in [-0.1, -0.05) is 20.8 Å². The monoisotopic (exact) mass is 451 g/mol. The zero-order chi connectivity index (χ0) is 22.8. The van der Waals surface area contributed by atoms with Crippen molar-refractivity contribution in [1.29, 1.82) is 0 Å². The van der Waals surface area contributed by atoms with Crippen LogP contribution < -0.4 is 0 Å². The number of carbonyl (C=O) groups excluding carboxylic acids is 1. The van der Waals surface area contributed by atoms with E-state index in [1.165, 1.54) is 0 Å². The van der Waals surface area contributed by atoms with Crippen molar-refractivity contribution in [3.05, 3.63) is 0 Å². The number of aliphatic carboxylic acids is 1. The Morgan fingerprint density at radius 3 is 2.14 bits per heavy atom. The van der Waals surface area contributed by atoms with Gasteiger partial charge in [-0.3, -0.25) is 9.69 Å². The lowest BCUT2D eigenvalue weighted by Crippen LogP contribution is -2.66. The summed E-state index contributed by atoms with van der Waals surface area (Å²) in [4.78, 5) is 26.6. The summed E-state index contributed by atoms with van der Waals surface area (Å²) in [6.07, 6.45) is -0.265. The average molecular weight is 452 g/mol. The van der Waals surface area contributed by atoms with Crippen molar-refractivity contribution < 1.29 is 32.3 Å². The van der Waals surface area contributed by atoms with Gasteiger partial charge in [0.05, 0.1) is 5.75 Å². The standard InChI is InChI=1S/C19H37NO7SSi/c1-17(2,3)19(15(21)22)10-9-11-20(16(23)27-18(4,5)6)14(19)28(24,25)13-12-26-29(7)8/h14,29H,9-13H2,1-8H3,(H,21,22). The lowest BCUT2D eigenvalue weighted by molar-refractivity contribution is -0.164. The molecule has 1 heterocycles. The maximum absolute atomic E-state index is 13.4. The van der Waals surface area contributed by atoms with E-state index in [9.17, 15) is 23.1 Å². The Hall–Kier alpha value is -1.13. The first-order chi connectivity index (χ1) is 13.0. The van der Waals surface area contributed by atoms with Gasteiger partial charge in [-0.15, -0.1) is 0 Å². The number of ether oxygens (including phenoxy) is 1. The number of piperidine rings is 1. The lowest BCUT2D eigenvalue weighted by Gasteiger charge is -2.52. The molecule has 0 saturated carbocycles. The van der Waals surface area contributed by atoms with E-state index in [0.717, 1.165) is 4.90 Å². The van der Waals surface area contributed by atoms with E-state index >= 15 is 0 Å². The van der Waals surface area contributed by atoms with Crippen molar-refractivity contribution >= 4 is 30.9 Å². The zero-order valence-electron chi connectivity index (χ0n) is 18.9. The van der Waals surface area contributed by atoms with Crippen LogP contribution in [0.5, 0.6) is 0 Å². The van der Waals surface area contributed by atoms with Gasteiger partial charge in [0, 0.05) is 13.2 Å². The molecule has 1 rings (SSSR count). The Kier molecular flexibility index (Phi) is 7.98. The first kappa shape index (κ1) is 25.9. The molecule has 10 heteroatoms. The van der Waals surface area contributed by atoms with E-state index in [4.69, 9.17) is 9.16 Å². The normalized spacial score (nSPS) is 23.9. The highest BCUT2D eigenvalue weighted by atomic mass is 32.2. The average Bonchev–Trinajstić information content (AvgIpc) is 2.50. The third kappa shape index (κ3) is 5.94. The minimum atomic E-state index is -4.02. The highest BCUT2D eigenvalue weighted by molar-refractivity contribution is 7.92. The first-order valence-corrected chi connectivity index (χ1v) is 14.5. The van der Waals surface area contributed by atoms with Crippen LogP contribution in [0.1, 0.15) is 54.4 Å². The highest BCUT2D eigenvalue weighted by Crippen LogP contribution is 2.51. The summed E-state index contributed by atoms with van der Waals surface area (Å²) in [7, 11) is -5.46. The predicted molar refractivity (Wildman–Crippen MR) is 114 cm³/mol. The minimum Gasteiger partial charge on any atom is -0.481 e. The molecule has 29 heavy (non-hydrogen) atoms. The van der Waals surface area contributed by atoms with Gasteiger partial charge >= 0.3 is 12.1 Å². The largest absolute Gasteiger partial charge is 0.481 e. The van der Waals surface area contributed by atoms with E-state index in [1.807, 2.05) is 13.1 Å². The van der Waals surface area contributed by atoms with E-state index < -0.39 is 52.7 Å². The van der Waals surface area contributed by atoms with Gasteiger partial charge in [-0.05, 0) is 52.1 Å². The Morgan fingerprint density at radius 2 is 1.72 bits per heavy atom. The van der Waals surface area contributed by atoms with Crippen LogP contribution in [-0.2, 0) is 23.8 Å². The number of rotatable bonds is 6. The molecule has 0 aromatic heterocycles. The zero-order valence-corrected chi connectivity index (χ0v) is 20.9. The molecular formula is C19H37NO7SSi. The molecule has 2 atom stereocenters. The van der Waals surface area contributed by atoms with Crippen molar-refractivity contribution in [2.75, 3.05) is 18.9 Å². The smallest absolute Gasteiger partial charge is 0.411 e. The van der Waals surface area contributed by atoms with Gasteiger partial charge in [-0.2, -0.15) is 0 Å². The number of hydrogen-bond donors (Lipinski definition) is 1. The summed E-state index contributed by atoms with van der Waals surface area (Å²) in [6.45, 7) is 14.2. The molecule has 1 aliphatic heterocycles. The molecule has 0 aromatic carbocycles. The van der Waals surface area contributed by atoms with Crippen LogP contribution in [0.4, 0.5) is 4.79 Å². The second-order valence-electron chi connectivity index (χ2n) is 9.94. The number of likely N-dealkylation sites (tertiary alicyclic amines) is 1. The third-order valence-corrected chi connectivity index (χ3v) is 8.16. The maximum Gasteiger partial charge on any atom is 0.411 e. The second-order valence-corrected chi connectivity index (χ2v) is 14.6. The molecule has 1 amide bonds. The van der Waals surface area contributed by atoms with Crippen molar-refractivity contribution in [3.63, 3.8) is 0 Å². The van der Waals surface area contributed by atoms with Crippen LogP contribution in [0.15, 0.2) is 0 Å². The Balaban J connectivity index is 3.53.